The fraction of sp³-hybridized carbons (Fsp3) is 0.389. The van der Waals surface area contributed by atoms with Crippen LogP contribution in [-0.4, -0.2) is 48.5 Å². The van der Waals surface area contributed by atoms with Gasteiger partial charge in [-0.1, -0.05) is 0 Å². The SMILES string of the molecule is COc1ccc(OCC(=O)N2CCC(C(=O)Nc3nccs3)CC2)cc1. The van der Waals surface area contributed by atoms with Crippen molar-refractivity contribution in [1.29, 1.82) is 0 Å². The number of thiazole rings is 1. The summed E-state index contributed by atoms with van der Waals surface area (Å²) < 4.78 is 10.6. The van der Waals surface area contributed by atoms with Crippen LogP contribution in [0.2, 0.25) is 0 Å². The van der Waals surface area contributed by atoms with E-state index >= 15 is 0 Å². The molecule has 138 valence electrons. The average Bonchev–Trinajstić information content (AvgIpc) is 3.19. The number of aromatic nitrogens is 1. The molecule has 1 N–H and O–H groups in total. The normalized spacial score (nSPS) is 14.7. The number of likely N-dealkylation sites (tertiary alicyclic amines) is 1. The van der Waals surface area contributed by atoms with Crippen molar-refractivity contribution in [2.75, 3.05) is 32.1 Å². The second-order valence-corrected chi connectivity index (χ2v) is 6.84. The first kappa shape index (κ1) is 18.2. The van der Waals surface area contributed by atoms with Crippen LogP contribution in [0.5, 0.6) is 11.5 Å². The van der Waals surface area contributed by atoms with Crippen LogP contribution in [-0.2, 0) is 9.59 Å². The van der Waals surface area contributed by atoms with E-state index in [0.717, 1.165) is 5.75 Å². The molecule has 3 rings (SSSR count). The standard InChI is InChI=1S/C18H21N3O4S/c1-24-14-2-4-15(5-3-14)25-12-16(22)21-9-6-13(7-10-21)17(23)20-18-19-8-11-26-18/h2-5,8,11,13H,6-7,9-10,12H2,1H3,(H,19,20,23). The van der Waals surface area contributed by atoms with Gasteiger partial charge >= 0.3 is 0 Å². The molecule has 2 amide bonds. The van der Waals surface area contributed by atoms with Crippen molar-refractivity contribution in [3.05, 3.63) is 35.8 Å². The van der Waals surface area contributed by atoms with Crippen LogP contribution in [0.1, 0.15) is 12.8 Å². The summed E-state index contributed by atoms with van der Waals surface area (Å²) in [6.07, 6.45) is 2.95. The average molecular weight is 375 g/mol. The van der Waals surface area contributed by atoms with Gasteiger partial charge in [0, 0.05) is 30.6 Å². The molecule has 1 aromatic heterocycles. The van der Waals surface area contributed by atoms with Crippen LogP contribution in [0.15, 0.2) is 35.8 Å². The number of nitrogens with one attached hydrogen (secondary N) is 1. The first-order chi connectivity index (χ1) is 12.7. The zero-order chi connectivity index (χ0) is 18.4. The fourth-order valence-electron chi connectivity index (χ4n) is 2.79. The molecule has 1 aromatic carbocycles. The topological polar surface area (TPSA) is 80.8 Å². The molecule has 1 saturated heterocycles. The molecule has 1 aliphatic rings. The van der Waals surface area contributed by atoms with Crippen LogP contribution in [0.25, 0.3) is 0 Å². The fourth-order valence-corrected chi connectivity index (χ4v) is 3.32. The Hall–Kier alpha value is -2.61. The van der Waals surface area contributed by atoms with Gasteiger partial charge in [-0.25, -0.2) is 4.98 Å². The van der Waals surface area contributed by atoms with E-state index in [1.54, 1.807) is 42.5 Å². The van der Waals surface area contributed by atoms with Gasteiger partial charge < -0.3 is 19.7 Å². The van der Waals surface area contributed by atoms with Crippen molar-refractivity contribution in [3.8, 4) is 11.5 Å². The number of amides is 2. The van der Waals surface area contributed by atoms with Crippen molar-refractivity contribution < 1.29 is 19.1 Å². The Balaban J connectivity index is 1.42. The molecule has 0 bridgehead atoms. The van der Waals surface area contributed by atoms with Crippen molar-refractivity contribution in [2.45, 2.75) is 12.8 Å². The Morgan fingerprint density at radius 1 is 1.23 bits per heavy atom. The molecule has 26 heavy (non-hydrogen) atoms. The summed E-state index contributed by atoms with van der Waals surface area (Å²) in [6, 6.07) is 7.10. The molecule has 0 radical (unpaired) electrons. The number of benzene rings is 1. The Kier molecular flexibility index (Phi) is 6.06. The van der Waals surface area contributed by atoms with Crippen LogP contribution < -0.4 is 14.8 Å². The molecular formula is C18H21N3O4S. The number of hydrogen-bond acceptors (Lipinski definition) is 6. The Labute approximate surface area is 155 Å². The summed E-state index contributed by atoms with van der Waals surface area (Å²) in [4.78, 5) is 30.3. The number of hydrogen-bond donors (Lipinski definition) is 1. The summed E-state index contributed by atoms with van der Waals surface area (Å²) in [5.41, 5.74) is 0. The minimum absolute atomic E-state index is 0.0116. The second kappa shape index (κ2) is 8.66. The first-order valence-corrected chi connectivity index (χ1v) is 9.28. The predicted molar refractivity (Wildman–Crippen MR) is 98.5 cm³/mol. The highest BCUT2D eigenvalue weighted by molar-refractivity contribution is 7.13. The molecule has 0 unspecified atom stereocenters. The van der Waals surface area contributed by atoms with Crippen molar-refractivity contribution in [1.82, 2.24) is 9.88 Å². The number of nitrogens with zero attached hydrogens (tertiary/aromatic N) is 2. The molecule has 1 aliphatic heterocycles. The van der Waals surface area contributed by atoms with Gasteiger partial charge in [0.05, 0.1) is 7.11 Å². The number of ether oxygens (including phenoxy) is 2. The lowest BCUT2D eigenvalue weighted by Gasteiger charge is -2.31. The van der Waals surface area contributed by atoms with Gasteiger partial charge in [-0.15, -0.1) is 11.3 Å². The third-order valence-corrected chi connectivity index (χ3v) is 4.99. The highest BCUT2D eigenvalue weighted by Gasteiger charge is 2.27. The first-order valence-electron chi connectivity index (χ1n) is 8.40. The molecule has 2 heterocycles. The Bertz CT molecular complexity index is 725. The third kappa shape index (κ3) is 4.72. The van der Waals surface area contributed by atoms with Crippen LogP contribution in [0.3, 0.4) is 0 Å². The summed E-state index contributed by atoms with van der Waals surface area (Å²) in [6.45, 7) is 1.10. The molecule has 0 spiro atoms. The maximum absolute atomic E-state index is 12.3. The maximum atomic E-state index is 12.3. The van der Waals surface area contributed by atoms with Crippen molar-refractivity contribution in [3.63, 3.8) is 0 Å². The summed E-state index contributed by atoms with van der Waals surface area (Å²) >= 11 is 1.40. The smallest absolute Gasteiger partial charge is 0.260 e. The van der Waals surface area contributed by atoms with E-state index in [1.807, 2.05) is 5.38 Å². The van der Waals surface area contributed by atoms with Crippen molar-refractivity contribution >= 4 is 28.3 Å². The van der Waals surface area contributed by atoms with Gasteiger partial charge in [-0.05, 0) is 37.1 Å². The van der Waals surface area contributed by atoms with Gasteiger partial charge in [0.15, 0.2) is 11.7 Å². The molecule has 2 aromatic rings. The number of piperidine rings is 1. The summed E-state index contributed by atoms with van der Waals surface area (Å²) in [7, 11) is 1.60. The maximum Gasteiger partial charge on any atom is 0.260 e. The van der Waals surface area contributed by atoms with Gasteiger partial charge in [0.1, 0.15) is 11.5 Å². The summed E-state index contributed by atoms with van der Waals surface area (Å²) in [5.74, 6) is 1.17. The van der Waals surface area contributed by atoms with E-state index in [4.69, 9.17) is 9.47 Å². The summed E-state index contributed by atoms with van der Waals surface area (Å²) in [5, 5.41) is 5.25. The molecule has 7 nitrogen and oxygen atoms in total. The van der Waals surface area contributed by atoms with Gasteiger partial charge in [0.25, 0.3) is 5.91 Å². The molecule has 1 fully saturated rings. The van der Waals surface area contributed by atoms with E-state index in [2.05, 4.69) is 10.3 Å². The van der Waals surface area contributed by atoms with Crippen LogP contribution >= 0.6 is 11.3 Å². The number of anilines is 1. The number of carbonyl (C=O) groups excluding carboxylic acids is 2. The minimum Gasteiger partial charge on any atom is -0.497 e. The van der Waals surface area contributed by atoms with Gasteiger partial charge in [-0.2, -0.15) is 0 Å². The number of carbonyl (C=O) groups is 2. The Morgan fingerprint density at radius 2 is 1.92 bits per heavy atom. The van der Waals surface area contributed by atoms with E-state index in [9.17, 15) is 9.59 Å². The van der Waals surface area contributed by atoms with E-state index in [1.165, 1.54) is 11.3 Å². The molecular weight excluding hydrogens is 354 g/mol. The quantitative estimate of drug-likeness (QED) is 0.839. The largest absolute Gasteiger partial charge is 0.497 e. The lowest BCUT2D eigenvalue weighted by atomic mass is 9.96. The lowest BCUT2D eigenvalue weighted by molar-refractivity contribution is -0.136. The van der Waals surface area contributed by atoms with Crippen LogP contribution in [0.4, 0.5) is 5.13 Å². The van der Waals surface area contributed by atoms with Gasteiger partial charge in [0.2, 0.25) is 5.91 Å². The third-order valence-electron chi connectivity index (χ3n) is 4.30. The molecule has 0 atom stereocenters. The highest BCUT2D eigenvalue weighted by atomic mass is 32.1. The monoisotopic (exact) mass is 375 g/mol. The van der Waals surface area contributed by atoms with Crippen LogP contribution in [0, 0.1) is 5.92 Å². The Morgan fingerprint density at radius 3 is 2.54 bits per heavy atom. The number of rotatable bonds is 6. The minimum atomic E-state index is -0.0922. The van der Waals surface area contributed by atoms with E-state index < -0.39 is 0 Å². The molecule has 8 heteroatoms. The number of methoxy groups -OCH3 is 1. The molecule has 0 saturated carbocycles. The zero-order valence-electron chi connectivity index (χ0n) is 14.5. The zero-order valence-corrected chi connectivity index (χ0v) is 15.3. The lowest BCUT2D eigenvalue weighted by Crippen LogP contribution is -2.43. The predicted octanol–water partition coefficient (Wildman–Crippen LogP) is 2.41. The van der Waals surface area contributed by atoms with Gasteiger partial charge in [-0.3, -0.25) is 9.59 Å². The van der Waals surface area contributed by atoms with E-state index in [-0.39, 0.29) is 24.3 Å². The van der Waals surface area contributed by atoms with E-state index in [0.29, 0.717) is 36.8 Å². The second-order valence-electron chi connectivity index (χ2n) is 5.95. The highest BCUT2D eigenvalue weighted by Crippen LogP contribution is 2.21. The molecule has 0 aliphatic carbocycles. The van der Waals surface area contributed by atoms with Crippen molar-refractivity contribution in [2.24, 2.45) is 5.92 Å².